The zero-order chi connectivity index (χ0) is 29.1. The van der Waals surface area contributed by atoms with Gasteiger partial charge in [0.05, 0.1) is 54.5 Å². The molecule has 2 heterocycles. The second kappa shape index (κ2) is 12.6. The molecule has 2 aliphatic rings. The summed E-state index contributed by atoms with van der Waals surface area (Å²) in [5.41, 5.74) is 1.68. The van der Waals surface area contributed by atoms with E-state index in [1.165, 1.54) is 19.2 Å². The Morgan fingerprint density at radius 3 is 2.61 bits per heavy atom. The van der Waals surface area contributed by atoms with Crippen LogP contribution in [0.25, 0.3) is 10.9 Å². The Morgan fingerprint density at radius 1 is 1.10 bits per heavy atom. The predicted molar refractivity (Wildman–Crippen MR) is 154 cm³/mol. The molecule has 3 aromatic rings. The normalized spacial score (nSPS) is 20.8. The number of aromatic nitrogens is 1. The number of methoxy groups -OCH3 is 1. The molecule has 0 spiro atoms. The minimum Gasteiger partial charge on any atom is -0.469 e. The van der Waals surface area contributed by atoms with Crippen LogP contribution in [0.2, 0.25) is 5.02 Å². The van der Waals surface area contributed by atoms with Gasteiger partial charge in [-0.25, -0.2) is 4.39 Å². The third kappa shape index (κ3) is 6.41. The van der Waals surface area contributed by atoms with E-state index < -0.39 is 11.7 Å². The van der Waals surface area contributed by atoms with E-state index in [9.17, 15) is 14.4 Å². The first-order valence-corrected chi connectivity index (χ1v) is 14.4. The van der Waals surface area contributed by atoms with Gasteiger partial charge >= 0.3 is 5.97 Å². The number of hydrogen-bond donors (Lipinski definition) is 1. The highest BCUT2D eigenvalue weighted by molar-refractivity contribution is 6.34. The molecule has 0 radical (unpaired) electrons. The second-order valence-corrected chi connectivity index (χ2v) is 11.3. The van der Waals surface area contributed by atoms with Crippen molar-refractivity contribution in [3.63, 3.8) is 0 Å². The van der Waals surface area contributed by atoms with Gasteiger partial charge in [0.2, 0.25) is 5.91 Å². The Labute approximate surface area is 243 Å². The topological polar surface area (TPSA) is 89.9 Å². The lowest BCUT2D eigenvalue weighted by Crippen LogP contribution is -2.40. The third-order valence-corrected chi connectivity index (χ3v) is 8.61. The number of halogens is 2. The van der Waals surface area contributed by atoms with Crippen molar-refractivity contribution in [1.82, 2.24) is 9.47 Å². The number of hydrogen-bond acceptors (Lipinski definition) is 5. The van der Waals surface area contributed by atoms with Crippen LogP contribution in [0.4, 0.5) is 10.1 Å². The number of aryl methyl sites for hydroxylation is 1. The number of esters is 1. The highest BCUT2D eigenvalue weighted by atomic mass is 35.5. The van der Waals surface area contributed by atoms with E-state index in [0.29, 0.717) is 18.7 Å². The van der Waals surface area contributed by atoms with Crippen molar-refractivity contribution in [2.75, 3.05) is 25.6 Å². The first-order valence-electron chi connectivity index (χ1n) is 14.1. The van der Waals surface area contributed by atoms with Crippen molar-refractivity contribution in [2.45, 2.75) is 57.1 Å². The molecule has 1 saturated heterocycles. The molecule has 2 amide bonds. The molecular weight excluding hydrogens is 549 g/mol. The SMILES string of the molecule is COC(=O)[C@H]1CC[C@H](OCC2CCCN2C(=O)Cc2cc(Cl)c(NC(=O)c3cn(C)c4ccccc34)cc2F)CC1. The fourth-order valence-corrected chi connectivity index (χ4v) is 6.25. The monoisotopic (exact) mass is 583 g/mol. The summed E-state index contributed by atoms with van der Waals surface area (Å²) in [5.74, 6) is -1.42. The molecule has 1 N–H and O–H groups in total. The smallest absolute Gasteiger partial charge is 0.308 e. The Bertz CT molecular complexity index is 1450. The number of nitrogens with zero attached hydrogens (tertiary/aromatic N) is 2. The van der Waals surface area contributed by atoms with Crippen LogP contribution in [0, 0.1) is 11.7 Å². The molecule has 5 rings (SSSR count). The summed E-state index contributed by atoms with van der Waals surface area (Å²) in [6, 6.07) is 10.0. The Balaban J connectivity index is 1.18. The molecule has 1 aliphatic carbocycles. The Kier molecular flexibility index (Phi) is 8.94. The van der Waals surface area contributed by atoms with E-state index in [2.05, 4.69) is 5.32 Å². The summed E-state index contributed by atoms with van der Waals surface area (Å²) in [6.45, 7) is 1.01. The van der Waals surface area contributed by atoms with Gasteiger partial charge < -0.3 is 24.3 Å². The highest BCUT2D eigenvalue weighted by Crippen LogP contribution is 2.30. The van der Waals surface area contributed by atoms with E-state index in [1.54, 1.807) is 11.1 Å². The van der Waals surface area contributed by atoms with Gasteiger partial charge in [-0.2, -0.15) is 0 Å². The van der Waals surface area contributed by atoms with Crippen LogP contribution in [0.3, 0.4) is 0 Å². The van der Waals surface area contributed by atoms with Crippen molar-refractivity contribution < 1.29 is 28.2 Å². The Hall–Kier alpha value is -3.43. The molecule has 1 unspecified atom stereocenters. The van der Waals surface area contributed by atoms with Crippen LogP contribution < -0.4 is 5.32 Å². The number of carbonyl (C=O) groups is 3. The van der Waals surface area contributed by atoms with Gasteiger partial charge in [0.25, 0.3) is 5.91 Å². The van der Waals surface area contributed by atoms with Crippen molar-refractivity contribution in [2.24, 2.45) is 13.0 Å². The lowest BCUT2D eigenvalue weighted by molar-refractivity contribution is -0.148. The minimum atomic E-state index is -0.606. The summed E-state index contributed by atoms with van der Waals surface area (Å²) in [4.78, 5) is 39.7. The van der Waals surface area contributed by atoms with Crippen LogP contribution >= 0.6 is 11.6 Å². The minimum absolute atomic E-state index is 0.0568. The lowest BCUT2D eigenvalue weighted by Gasteiger charge is -2.30. The van der Waals surface area contributed by atoms with Gasteiger partial charge in [0.15, 0.2) is 0 Å². The number of para-hydroxylation sites is 1. The number of fused-ring (bicyclic) bond motifs is 1. The number of nitrogens with one attached hydrogen (secondary N) is 1. The molecule has 1 aliphatic heterocycles. The number of carbonyl (C=O) groups excluding carboxylic acids is 3. The van der Waals surface area contributed by atoms with Crippen molar-refractivity contribution in [3.8, 4) is 0 Å². The summed E-state index contributed by atoms with van der Waals surface area (Å²) >= 11 is 6.44. The quantitative estimate of drug-likeness (QED) is 0.354. The van der Waals surface area contributed by atoms with Crippen LogP contribution in [0.5, 0.6) is 0 Å². The zero-order valence-corrected chi connectivity index (χ0v) is 24.1. The molecule has 0 bridgehead atoms. The molecule has 10 heteroatoms. The molecule has 41 heavy (non-hydrogen) atoms. The van der Waals surface area contributed by atoms with Crippen LogP contribution in [0.15, 0.2) is 42.6 Å². The largest absolute Gasteiger partial charge is 0.469 e. The molecule has 8 nitrogen and oxygen atoms in total. The molecule has 2 fully saturated rings. The summed E-state index contributed by atoms with van der Waals surface area (Å²) in [7, 11) is 3.27. The number of rotatable bonds is 8. The van der Waals surface area contributed by atoms with Gasteiger partial charge in [-0.15, -0.1) is 0 Å². The molecule has 1 saturated carbocycles. The average Bonchev–Trinajstić information content (AvgIpc) is 3.59. The lowest BCUT2D eigenvalue weighted by atomic mass is 9.87. The summed E-state index contributed by atoms with van der Waals surface area (Å²) < 4.78 is 28.0. The van der Waals surface area contributed by atoms with Crippen molar-refractivity contribution >= 4 is 46.0 Å². The number of likely N-dealkylation sites (tertiary alicyclic amines) is 1. The van der Waals surface area contributed by atoms with Gasteiger partial charge in [-0.3, -0.25) is 14.4 Å². The standard InChI is InChI=1S/C31H35ClFN3O5/c1-35-17-24(23-7-3-4-8-28(23)35)30(38)34-27-16-26(33)20(14-25(27)32)15-29(37)36-13-5-6-21(36)18-41-22-11-9-19(10-12-22)31(39)40-2/h3-4,7-8,14,16-17,19,21-22H,5-6,9-13,15,18H2,1-2H3,(H,34,38)/t19-,21?,22-. The van der Waals surface area contributed by atoms with Crippen LogP contribution in [-0.2, 0) is 32.5 Å². The first kappa shape index (κ1) is 29.1. The Morgan fingerprint density at radius 2 is 1.85 bits per heavy atom. The van der Waals surface area contributed by atoms with Crippen molar-refractivity contribution in [3.05, 3.63) is 64.6 Å². The predicted octanol–water partition coefficient (Wildman–Crippen LogP) is 5.51. The maximum Gasteiger partial charge on any atom is 0.308 e. The molecule has 1 aromatic heterocycles. The highest BCUT2D eigenvalue weighted by Gasteiger charge is 2.32. The first-order chi connectivity index (χ1) is 19.7. The fraction of sp³-hybridized carbons (Fsp3) is 0.452. The third-order valence-electron chi connectivity index (χ3n) is 8.30. The maximum absolute atomic E-state index is 15.1. The fourth-order valence-electron chi connectivity index (χ4n) is 6.01. The van der Waals surface area contributed by atoms with E-state index in [0.717, 1.165) is 49.4 Å². The van der Waals surface area contributed by atoms with E-state index in [-0.39, 0.29) is 52.6 Å². The molecule has 2 aromatic carbocycles. The van der Waals surface area contributed by atoms with Gasteiger partial charge in [-0.1, -0.05) is 29.8 Å². The summed E-state index contributed by atoms with van der Waals surface area (Å²) in [6.07, 6.45) is 6.38. The van der Waals surface area contributed by atoms with Crippen LogP contribution in [0.1, 0.15) is 54.4 Å². The van der Waals surface area contributed by atoms with E-state index in [4.69, 9.17) is 21.1 Å². The van der Waals surface area contributed by atoms with Gasteiger partial charge in [0.1, 0.15) is 5.82 Å². The van der Waals surface area contributed by atoms with Gasteiger partial charge in [0, 0.05) is 30.7 Å². The number of amides is 2. The maximum atomic E-state index is 15.1. The van der Waals surface area contributed by atoms with E-state index in [1.807, 2.05) is 35.9 Å². The van der Waals surface area contributed by atoms with Crippen LogP contribution in [-0.4, -0.2) is 59.7 Å². The average molecular weight is 584 g/mol. The number of benzene rings is 2. The number of ether oxygens (including phenoxy) is 2. The zero-order valence-electron chi connectivity index (χ0n) is 23.3. The van der Waals surface area contributed by atoms with Gasteiger partial charge in [-0.05, 0) is 62.3 Å². The molecule has 1 atom stereocenters. The molecular formula is C31H35ClFN3O5. The van der Waals surface area contributed by atoms with E-state index >= 15 is 4.39 Å². The molecule has 218 valence electrons. The summed E-state index contributed by atoms with van der Waals surface area (Å²) in [5, 5.41) is 3.65. The second-order valence-electron chi connectivity index (χ2n) is 10.9. The van der Waals surface area contributed by atoms with Crippen molar-refractivity contribution in [1.29, 1.82) is 0 Å². The number of anilines is 1.